The molecule has 0 saturated heterocycles. The maximum absolute atomic E-state index is 14.2. The largest absolute Gasteiger partial charge is 0.492 e. The maximum atomic E-state index is 14.2. The van der Waals surface area contributed by atoms with Crippen LogP contribution in [-0.2, 0) is 27.7 Å². The summed E-state index contributed by atoms with van der Waals surface area (Å²) in [7, 11) is 0.0864. The third-order valence-electron chi connectivity index (χ3n) is 7.61. The molecule has 1 unspecified atom stereocenters. The van der Waals surface area contributed by atoms with E-state index < -0.39 is 15.9 Å². The van der Waals surface area contributed by atoms with Crippen LogP contribution < -0.4 is 10.2 Å². The summed E-state index contributed by atoms with van der Waals surface area (Å²) in [5, 5.41) is 9.85. The SMILES string of the molecule is CN(C)CCOc1ccc(S(=O)(=O)N(CCc2c[nH]c3ccccc23)C2CCc3cc(C=CC(=O)NO)ccc32)cc1. The number of nitrogens with zero attached hydrogens (tertiary/aromatic N) is 2. The summed E-state index contributed by atoms with van der Waals surface area (Å²) in [6.45, 7) is 1.58. The Morgan fingerprint density at radius 3 is 2.64 bits per heavy atom. The number of rotatable bonds is 12. The predicted octanol–water partition coefficient (Wildman–Crippen LogP) is 4.55. The number of H-pyrrole nitrogens is 1. The van der Waals surface area contributed by atoms with Gasteiger partial charge in [-0.15, -0.1) is 0 Å². The van der Waals surface area contributed by atoms with E-state index in [1.807, 2.05) is 67.7 Å². The second kappa shape index (κ2) is 12.9. The lowest BCUT2D eigenvalue weighted by Crippen LogP contribution is -2.35. The molecule has 4 aromatic rings. The molecular weight excluding hydrogens is 552 g/mol. The van der Waals surface area contributed by atoms with E-state index in [0.29, 0.717) is 38.2 Å². The molecule has 0 saturated carbocycles. The van der Waals surface area contributed by atoms with Gasteiger partial charge in [0, 0.05) is 36.3 Å². The quantitative estimate of drug-likeness (QED) is 0.127. The summed E-state index contributed by atoms with van der Waals surface area (Å²) in [5.41, 5.74) is 6.48. The monoisotopic (exact) mass is 588 g/mol. The van der Waals surface area contributed by atoms with Crippen LogP contribution in [0.1, 0.15) is 34.7 Å². The average molecular weight is 589 g/mol. The molecule has 10 heteroatoms. The van der Waals surface area contributed by atoms with Crippen molar-refractivity contribution in [2.24, 2.45) is 0 Å². The Morgan fingerprint density at radius 1 is 1.10 bits per heavy atom. The minimum absolute atomic E-state index is 0.226. The van der Waals surface area contributed by atoms with E-state index >= 15 is 0 Å². The number of hydrogen-bond donors (Lipinski definition) is 3. The number of hydrogen-bond acceptors (Lipinski definition) is 6. The van der Waals surface area contributed by atoms with Gasteiger partial charge < -0.3 is 14.6 Å². The van der Waals surface area contributed by atoms with Gasteiger partial charge in [-0.25, -0.2) is 13.9 Å². The molecule has 1 aliphatic carbocycles. The number of para-hydroxylation sites is 1. The van der Waals surface area contributed by atoms with Crippen LogP contribution in [0.2, 0.25) is 0 Å². The molecule has 0 bridgehead atoms. The van der Waals surface area contributed by atoms with E-state index in [2.05, 4.69) is 4.98 Å². The molecule has 42 heavy (non-hydrogen) atoms. The van der Waals surface area contributed by atoms with Crippen LogP contribution in [0, 0.1) is 0 Å². The molecule has 3 aromatic carbocycles. The summed E-state index contributed by atoms with van der Waals surface area (Å²) < 4.78 is 35.9. The lowest BCUT2D eigenvalue weighted by molar-refractivity contribution is -0.124. The molecule has 0 fully saturated rings. The number of hydroxylamine groups is 1. The Bertz CT molecular complexity index is 1680. The Balaban J connectivity index is 1.44. The van der Waals surface area contributed by atoms with Crippen molar-refractivity contribution in [2.45, 2.75) is 30.2 Å². The number of nitrogens with one attached hydrogen (secondary N) is 2. The number of aryl methyl sites for hydroxylation is 1. The molecule has 0 radical (unpaired) electrons. The molecule has 9 nitrogen and oxygen atoms in total. The zero-order valence-corrected chi connectivity index (χ0v) is 24.6. The van der Waals surface area contributed by atoms with Gasteiger partial charge in [-0.3, -0.25) is 10.0 Å². The van der Waals surface area contributed by atoms with Crippen LogP contribution in [0.5, 0.6) is 5.75 Å². The number of aromatic nitrogens is 1. The number of amides is 1. The van der Waals surface area contributed by atoms with Crippen molar-refractivity contribution >= 4 is 32.9 Å². The van der Waals surface area contributed by atoms with Crippen molar-refractivity contribution in [1.82, 2.24) is 19.7 Å². The highest BCUT2D eigenvalue weighted by Gasteiger charge is 2.36. The molecule has 1 amide bonds. The van der Waals surface area contributed by atoms with E-state index in [-0.39, 0.29) is 10.9 Å². The van der Waals surface area contributed by atoms with Crippen molar-refractivity contribution in [2.75, 3.05) is 33.8 Å². The average Bonchev–Trinajstić information content (AvgIpc) is 3.60. The molecule has 1 aliphatic rings. The first-order chi connectivity index (χ1) is 20.3. The highest BCUT2D eigenvalue weighted by atomic mass is 32.2. The molecule has 220 valence electrons. The van der Waals surface area contributed by atoms with Crippen LogP contribution >= 0.6 is 0 Å². The summed E-state index contributed by atoms with van der Waals surface area (Å²) in [6.07, 6.45) is 6.74. The molecule has 5 rings (SSSR count). The van der Waals surface area contributed by atoms with E-state index in [1.165, 1.54) is 6.08 Å². The van der Waals surface area contributed by atoms with Crippen molar-refractivity contribution < 1.29 is 23.2 Å². The minimum Gasteiger partial charge on any atom is -0.492 e. The zero-order chi connectivity index (χ0) is 29.7. The summed E-state index contributed by atoms with van der Waals surface area (Å²) in [5.74, 6) is 0.0138. The van der Waals surface area contributed by atoms with Crippen molar-refractivity contribution in [3.63, 3.8) is 0 Å². The third-order valence-corrected chi connectivity index (χ3v) is 9.53. The summed E-state index contributed by atoms with van der Waals surface area (Å²) >= 11 is 0. The molecule has 1 aromatic heterocycles. The van der Waals surface area contributed by atoms with Gasteiger partial charge in [0.25, 0.3) is 5.91 Å². The van der Waals surface area contributed by atoms with Crippen LogP contribution in [0.3, 0.4) is 0 Å². The Kier molecular flexibility index (Phi) is 9.08. The standard InChI is InChI=1S/C32H36N4O5S/c1-35(2)19-20-41-26-10-12-27(13-11-26)42(39,40)36(18-17-25-22-33-30-6-4-3-5-28(25)30)31-15-9-24-21-23(7-14-29(24)31)8-16-32(37)34-38/h3-8,10-14,16,21-22,31,33,38H,9,15,17-20H2,1-2H3,(H,34,37). The van der Waals surface area contributed by atoms with Gasteiger partial charge in [0.1, 0.15) is 12.4 Å². The van der Waals surface area contributed by atoms with E-state index in [1.54, 1.807) is 40.1 Å². The van der Waals surface area contributed by atoms with Crippen LogP contribution in [0.4, 0.5) is 0 Å². The predicted molar refractivity (Wildman–Crippen MR) is 163 cm³/mol. The van der Waals surface area contributed by atoms with Gasteiger partial charge in [0.05, 0.1) is 10.9 Å². The van der Waals surface area contributed by atoms with Crippen molar-refractivity contribution in [3.8, 4) is 5.75 Å². The Hall–Kier alpha value is -3.96. The van der Waals surface area contributed by atoms with E-state index in [4.69, 9.17) is 9.94 Å². The first kappa shape index (κ1) is 29.5. The normalized spacial score (nSPS) is 15.1. The second-order valence-electron chi connectivity index (χ2n) is 10.7. The first-order valence-electron chi connectivity index (χ1n) is 14.0. The first-order valence-corrected chi connectivity index (χ1v) is 15.4. The molecule has 3 N–H and O–H groups in total. The van der Waals surface area contributed by atoms with Gasteiger partial charge in [-0.1, -0.05) is 36.4 Å². The topological polar surface area (TPSA) is 115 Å². The molecular formula is C32H36N4O5S. The number of benzene rings is 3. The smallest absolute Gasteiger partial charge is 0.267 e. The fourth-order valence-electron chi connectivity index (χ4n) is 5.43. The lowest BCUT2D eigenvalue weighted by atomic mass is 10.0. The molecule has 1 heterocycles. The van der Waals surface area contributed by atoms with Crippen LogP contribution in [-0.4, -0.2) is 67.5 Å². The lowest BCUT2D eigenvalue weighted by Gasteiger charge is -2.29. The molecule has 1 atom stereocenters. The highest BCUT2D eigenvalue weighted by molar-refractivity contribution is 7.89. The van der Waals surface area contributed by atoms with Crippen molar-refractivity contribution in [1.29, 1.82) is 0 Å². The van der Waals surface area contributed by atoms with E-state index in [0.717, 1.165) is 39.7 Å². The van der Waals surface area contributed by atoms with Crippen molar-refractivity contribution in [3.05, 3.63) is 101 Å². The van der Waals surface area contributed by atoms with E-state index in [9.17, 15) is 13.2 Å². The fourth-order valence-corrected chi connectivity index (χ4v) is 7.07. The second-order valence-corrected chi connectivity index (χ2v) is 12.6. The zero-order valence-electron chi connectivity index (χ0n) is 23.8. The number of sulfonamides is 1. The molecule has 0 aliphatic heterocycles. The van der Waals surface area contributed by atoms with Gasteiger partial charge >= 0.3 is 0 Å². The van der Waals surface area contributed by atoms with Gasteiger partial charge in [0.15, 0.2) is 0 Å². The maximum Gasteiger partial charge on any atom is 0.267 e. The number of carbonyl (C=O) groups excluding carboxylic acids is 1. The fraction of sp³-hybridized carbons (Fsp3) is 0.281. The number of aromatic amines is 1. The van der Waals surface area contributed by atoms with Gasteiger partial charge in [0.2, 0.25) is 10.0 Å². The van der Waals surface area contributed by atoms with Gasteiger partial charge in [-0.2, -0.15) is 4.31 Å². The number of carbonyl (C=O) groups is 1. The molecule has 0 spiro atoms. The third kappa shape index (κ3) is 6.57. The van der Waals surface area contributed by atoms with Gasteiger partial charge in [-0.05, 0) is 92.0 Å². The highest BCUT2D eigenvalue weighted by Crippen LogP contribution is 2.40. The van der Waals surface area contributed by atoms with Crippen LogP contribution in [0.15, 0.2) is 83.9 Å². The number of fused-ring (bicyclic) bond motifs is 2. The summed E-state index contributed by atoms with van der Waals surface area (Å²) in [6, 6.07) is 20.1. The summed E-state index contributed by atoms with van der Waals surface area (Å²) in [4.78, 5) is 17.0. The number of likely N-dealkylation sites (N-methyl/N-ethyl adjacent to an activating group) is 1. The Morgan fingerprint density at radius 2 is 1.88 bits per heavy atom. The minimum atomic E-state index is -3.85. The van der Waals surface area contributed by atoms with Crippen LogP contribution in [0.25, 0.3) is 17.0 Å². The Labute approximate surface area is 246 Å². The number of ether oxygens (including phenoxy) is 1.